The minimum Gasteiger partial charge on any atom is -0.496 e. The van der Waals surface area contributed by atoms with Crippen molar-refractivity contribution in [3.8, 4) is 16.9 Å². The minimum absolute atomic E-state index is 0.201. The molecule has 222 valence electrons. The molecule has 1 aromatic heterocycles. The Balaban J connectivity index is 2.00. The van der Waals surface area contributed by atoms with E-state index in [0.717, 1.165) is 44.8 Å². The molecule has 0 spiro atoms. The van der Waals surface area contributed by atoms with E-state index in [0.29, 0.717) is 18.9 Å². The van der Waals surface area contributed by atoms with Crippen molar-refractivity contribution in [1.82, 2.24) is 4.98 Å². The van der Waals surface area contributed by atoms with Gasteiger partial charge in [0.25, 0.3) is 0 Å². The number of amides is 1. The molecule has 0 aliphatic rings. The number of carbonyl (C=O) groups is 1. The lowest BCUT2D eigenvalue weighted by Crippen LogP contribution is -2.37. The van der Waals surface area contributed by atoms with Crippen molar-refractivity contribution in [3.05, 3.63) is 76.6 Å². The maximum Gasteiger partial charge on any atom is 0.415 e. The van der Waals surface area contributed by atoms with E-state index < -0.39 is 19.3 Å². The summed E-state index contributed by atoms with van der Waals surface area (Å²) < 4.78 is 35.3. The van der Waals surface area contributed by atoms with E-state index in [9.17, 15) is 9.36 Å². The molecule has 2 aromatic carbocycles. The quantitative estimate of drug-likeness (QED) is 0.210. The fraction of sp³-hybridized carbons (Fsp3) is 0.438. The Morgan fingerprint density at radius 2 is 1.59 bits per heavy atom. The van der Waals surface area contributed by atoms with Gasteiger partial charge in [0.2, 0.25) is 0 Å². The highest BCUT2D eigenvalue weighted by atomic mass is 31.2. The molecule has 0 radical (unpaired) electrons. The average Bonchev–Trinajstić information content (AvgIpc) is 2.87. The Kier molecular flexibility index (Phi) is 10.8. The minimum atomic E-state index is -3.21. The molecule has 0 atom stereocenters. The maximum absolute atomic E-state index is 13.5. The van der Waals surface area contributed by atoms with Crippen molar-refractivity contribution in [3.63, 3.8) is 0 Å². The smallest absolute Gasteiger partial charge is 0.415 e. The molecular formula is C32H43N2O6P. The highest BCUT2D eigenvalue weighted by molar-refractivity contribution is 7.53. The summed E-state index contributed by atoms with van der Waals surface area (Å²) >= 11 is 0. The molecule has 9 heteroatoms. The Morgan fingerprint density at radius 3 is 2.15 bits per heavy atom. The summed E-state index contributed by atoms with van der Waals surface area (Å²) in [4.78, 5) is 19.8. The lowest BCUT2D eigenvalue weighted by molar-refractivity contribution is 0.0577. The lowest BCUT2D eigenvalue weighted by Gasteiger charge is -2.28. The largest absolute Gasteiger partial charge is 0.496 e. The number of rotatable bonds is 11. The molecule has 41 heavy (non-hydrogen) atoms. The fourth-order valence-electron chi connectivity index (χ4n) is 4.59. The van der Waals surface area contributed by atoms with Crippen molar-refractivity contribution >= 4 is 19.4 Å². The van der Waals surface area contributed by atoms with E-state index in [1.807, 2.05) is 77.9 Å². The van der Waals surface area contributed by atoms with Gasteiger partial charge in [0.05, 0.1) is 38.7 Å². The topological polar surface area (TPSA) is 87.2 Å². The predicted octanol–water partition coefficient (Wildman–Crippen LogP) is 8.39. The van der Waals surface area contributed by atoms with Crippen molar-refractivity contribution in [2.45, 2.75) is 73.7 Å². The molecule has 3 rings (SSSR count). The summed E-state index contributed by atoms with van der Waals surface area (Å²) in [6, 6.07) is 13.8. The molecule has 0 saturated heterocycles. The average molecular weight is 583 g/mol. The second-order valence-corrected chi connectivity index (χ2v) is 13.0. The number of nitrogens with zero attached hydrogens (tertiary/aromatic N) is 2. The zero-order valence-electron chi connectivity index (χ0n) is 25.7. The van der Waals surface area contributed by atoms with Gasteiger partial charge in [-0.1, -0.05) is 30.3 Å². The summed E-state index contributed by atoms with van der Waals surface area (Å²) in [7, 11) is -1.57. The molecular weight excluding hydrogens is 539 g/mol. The standard InChI is InChI=1S/C32H43N2O6P/c1-10-38-41(36,39-11-2)21-25-12-14-26(15-13-25)27-16-22(3)17-28(18-27)34(31(35)40-32(6,7)8)20-29-24(5)30(37-9)23(4)19-33-29/h12-19H,10-11,20-21H2,1-9H3. The summed E-state index contributed by atoms with van der Waals surface area (Å²) in [6.45, 7) is 15.9. The van der Waals surface area contributed by atoms with Crippen LogP contribution in [-0.2, 0) is 31.1 Å². The van der Waals surface area contributed by atoms with Crippen LogP contribution in [0.5, 0.6) is 5.75 Å². The van der Waals surface area contributed by atoms with Crippen molar-refractivity contribution in [1.29, 1.82) is 0 Å². The van der Waals surface area contributed by atoms with Crippen molar-refractivity contribution in [2.75, 3.05) is 25.2 Å². The molecule has 1 amide bonds. The van der Waals surface area contributed by atoms with E-state index in [2.05, 4.69) is 11.1 Å². The van der Waals surface area contributed by atoms with E-state index in [1.54, 1.807) is 32.1 Å². The summed E-state index contributed by atoms with van der Waals surface area (Å²) in [5.74, 6) is 0.752. The summed E-state index contributed by atoms with van der Waals surface area (Å²) in [6.07, 6.45) is 1.49. The third-order valence-electron chi connectivity index (χ3n) is 6.36. The molecule has 0 saturated carbocycles. The molecule has 0 bridgehead atoms. The zero-order chi connectivity index (χ0) is 30.4. The van der Waals surface area contributed by atoms with Crippen LogP contribution in [0.3, 0.4) is 0 Å². The number of aryl methyl sites for hydroxylation is 2. The number of hydrogen-bond donors (Lipinski definition) is 0. The fourth-order valence-corrected chi connectivity index (χ4v) is 6.29. The Hall–Kier alpha value is -3.19. The SMILES string of the molecule is CCOP(=O)(Cc1ccc(-c2cc(C)cc(N(Cc3ncc(C)c(OC)c3C)C(=O)OC(C)(C)C)c2)cc1)OCC. The third-order valence-corrected chi connectivity index (χ3v) is 8.42. The summed E-state index contributed by atoms with van der Waals surface area (Å²) in [5, 5.41) is 0. The third kappa shape index (κ3) is 8.65. The number of carbonyl (C=O) groups excluding carboxylic acids is 1. The first-order valence-corrected chi connectivity index (χ1v) is 15.6. The van der Waals surface area contributed by atoms with Crippen LogP contribution < -0.4 is 9.64 Å². The Bertz CT molecular complexity index is 1390. The van der Waals surface area contributed by atoms with E-state index in [4.69, 9.17) is 18.5 Å². The van der Waals surface area contributed by atoms with Crippen LogP contribution in [0.15, 0.2) is 48.7 Å². The van der Waals surface area contributed by atoms with Gasteiger partial charge in [-0.15, -0.1) is 0 Å². The predicted molar refractivity (Wildman–Crippen MR) is 164 cm³/mol. The lowest BCUT2D eigenvalue weighted by atomic mass is 10.0. The van der Waals surface area contributed by atoms with Gasteiger partial charge in [-0.05, 0) is 89.8 Å². The number of methoxy groups -OCH3 is 1. The van der Waals surface area contributed by atoms with Gasteiger partial charge in [-0.25, -0.2) is 4.79 Å². The second kappa shape index (κ2) is 13.6. The first kappa shape index (κ1) is 32.3. The zero-order valence-corrected chi connectivity index (χ0v) is 26.6. The van der Waals surface area contributed by atoms with Crippen LogP contribution >= 0.6 is 7.60 Å². The van der Waals surface area contributed by atoms with Crippen molar-refractivity contribution < 1.29 is 27.9 Å². The first-order chi connectivity index (χ1) is 19.3. The maximum atomic E-state index is 13.5. The molecule has 0 N–H and O–H groups in total. The Labute approximate surface area is 244 Å². The van der Waals surface area contributed by atoms with Gasteiger partial charge < -0.3 is 18.5 Å². The van der Waals surface area contributed by atoms with E-state index in [1.165, 1.54) is 0 Å². The van der Waals surface area contributed by atoms with Gasteiger partial charge in [0, 0.05) is 23.0 Å². The number of benzene rings is 2. The van der Waals surface area contributed by atoms with E-state index >= 15 is 0 Å². The number of ether oxygens (including phenoxy) is 2. The first-order valence-electron chi connectivity index (χ1n) is 13.9. The number of anilines is 1. The summed E-state index contributed by atoms with van der Waals surface area (Å²) in [5.41, 5.74) is 6.28. The number of hydrogen-bond acceptors (Lipinski definition) is 7. The molecule has 0 fully saturated rings. The van der Waals surface area contributed by atoms with Gasteiger partial charge >= 0.3 is 13.7 Å². The molecule has 0 aliphatic heterocycles. The molecule has 8 nitrogen and oxygen atoms in total. The molecule has 0 aliphatic carbocycles. The highest BCUT2D eigenvalue weighted by Gasteiger charge is 2.27. The van der Waals surface area contributed by atoms with Crippen LogP contribution in [0.25, 0.3) is 11.1 Å². The van der Waals surface area contributed by atoms with Crippen molar-refractivity contribution in [2.24, 2.45) is 0 Å². The van der Waals surface area contributed by atoms with Gasteiger partial charge in [0.15, 0.2) is 0 Å². The number of pyridine rings is 1. The van der Waals surface area contributed by atoms with Gasteiger partial charge in [-0.2, -0.15) is 0 Å². The van der Waals surface area contributed by atoms with E-state index in [-0.39, 0.29) is 12.7 Å². The van der Waals surface area contributed by atoms with Crippen LogP contribution in [0.2, 0.25) is 0 Å². The van der Waals surface area contributed by atoms with Crippen LogP contribution in [0, 0.1) is 20.8 Å². The second-order valence-electron chi connectivity index (χ2n) is 11.0. The van der Waals surface area contributed by atoms with Crippen LogP contribution in [0.4, 0.5) is 10.5 Å². The Morgan fingerprint density at radius 1 is 0.951 bits per heavy atom. The molecule has 0 unspecified atom stereocenters. The molecule has 3 aromatic rings. The van der Waals surface area contributed by atoms with Crippen LogP contribution in [0.1, 0.15) is 62.6 Å². The van der Waals surface area contributed by atoms with Gasteiger partial charge in [0.1, 0.15) is 11.4 Å². The monoisotopic (exact) mass is 582 g/mol. The highest BCUT2D eigenvalue weighted by Crippen LogP contribution is 2.51. The number of aromatic nitrogens is 1. The van der Waals surface area contributed by atoms with Crippen LogP contribution in [-0.4, -0.2) is 37.0 Å². The van der Waals surface area contributed by atoms with Gasteiger partial charge in [-0.3, -0.25) is 14.4 Å². The normalized spacial score (nSPS) is 11.8. The molecule has 1 heterocycles.